The number of thioether (sulfide) groups is 1. The maximum absolute atomic E-state index is 13.3. The third kappa shape index (κ3) is 4.07. The van der Waals surface area contributed by atoms with Gasteiger partial charge in [-0.2, -0.15) is 4.99 Å². The van der Waals surface area contributed by atoms with Crippen molar-refractivity contribution in [2.75, 3.05) is 19.1 Å². The molecule has 2 heterocycles. The Balaban J connectivity index is 1.74. The average Bonchev–Trinajstić information content (AvgIpc) is 3.31. The van der Waals surface area contributed by atoms with Crippen molar-refractivity contribution in [3.05, 3.63) is 64.0 Å². The second-order valence-corrected chi connectivity index (χ2v) is 8.37. The van der Waals surface area contributed by atoms with Crippen molar-refractivity contribution in [2.45, 2.75) is 6.92 Å². The van der Waals surface area contributed by atoms with Crippen LogP contribution in [0.3, 0.4) is 0 Å². The molecule has 1 fully saturated rings. The quantitative estimate of drug-likeness (QED) is 0.539. The van der Waals surface area contributed by atoms with Crippen LogP contribution in [0.2, 0.25) is 0 Å². The Bertz CT molecular complexity index is 1140. The Morgan fingerprint density at radius 3 is 2.47 bits per heavy atom. The van der Waals surface area contributed by atoms with Gasteiger partial charge in [-0.05, 0) is 54.6 Å². The molecule has 0 saturated carbocycles. The van der Waals surface area contributed by atoms with Gasteiger partial charge in [-0.15, -0.1) is 10.2 Å². The maximum Gasteiger partial charge on any atom is 0.271 e. The third-order valence-corrected chi connectivity index (χ3v) is 5.93. The number of aliphatic imine (C=N–C) groups is 1. The van der Waals surface area contributed by atoms with Crippen molar-refractivity contribution in [2.24, 2.45) is 4.99 Å². The highest BCUT2D eigenvalue weighted by Crippen LogP contribution is 2.38. The van der Waals surface area contributed by atoms with E-state index in [1.807, 2.05) is 61.5 Å². The minimum Gasteiger partial charge on any atom is -0.493 e. The summed E-state index contributed by atoms with van der Waals surface area (Å²) in [6.45, 7) is 1.87. The molecule has 30 heavy (non-hydrogen) atoms. The number of methoxy groups -OCH3 is 2. The second kappa shape index (κ2) is 8.68. The number of ether oxygens (including phenoxy) is 2. The van der Waals surface area contributed by atoms with E-state index in [0.717, 1.165) is 16.3 Å². The number of amides is 1. The number of nitrogens with zero attached hydrogens (tertiary/aromatic N) is 4. The van der Waals surface area contributed by atoms with Crippen LogP contribution >= 0.6 is 23.1 Å². The Morgan fingerprint density at radius 1 is 1.03 bits per heavy atom. The van der Waals surface area contributed by atoms with E-state index in [4.69, 9.17) is 9.47 Å². The van der Waals surface area contributed by atoms with Gasteiger partial charge >= 0.3 is 0 Å². The van der Waals surface area contributed by atoms with Crippen LogP contribution in [-0.4, -0.2) is 35.5 Å². The smallest absolute Gasteiger partial charge is 0.271 e. The van der Waals surface area contributed by atoms with Crippen LogP contribution in [0, 0.1) is 6.92 Å². The summed E-state index contributed by atoms with van der Waals surface area (Å²) in [6.07, 6.45) is 1.82. The number of rotatable bonds is 5. The summed E-state index contributed by atoms with van der Waals surface area (Å²) in [5.74, 6) is 1.08. The lowest BCUT2D eigenvalue weighted by Crippen LogP contribution is -2.28. The molecule has 4 rings (SSSR count). The zero-order chi connectivity index (χ0) is 21.1. The molecule has 2 aromatic carbocycles. The molecule has 1 saturated heterocycles. The summed E-state index contributed by atoms with van der Waals surface area (Å²) in [4.78, 5) is 20.0. The zero-order valence-electron chi connectivity index (χ0n) is 16.5. The molecule has 1 aliphatic rings. The summed E-state index contributed by atoms with van der Waals surface area (Å²) in [7, 11) is 3.16. The molecule has 9 heteroatoms. The number of hydrogen-bond donors (Lipinski definition) is 0. The first kappa shape index (κ1) is 20.1. The first-order valence-electron chi connectivity index (χ1n) is 8.99. The molecule has 0 bridgehead atoms. The van der Waals surface area contributed by atoms with E-state index in [1.165, 1.54) is 23.1 Å². The van der Waals surface area contributed by atoms with E-state index in [1.54, 1.807) is 19.1 Å². The number of benzene rings is 2. The summed E-state index contributed by atoms with van der Waals surface area (Å²) in [5.41, 5.74) is 1.57. The van der Waals surface area contributed by atoms with Crippen molar-refractivity contribution in [1.82, 2.24) is 10.2 Å². The summed E-state index contributed by atoms with van der Waals surface area (Å²) >= 11 is 2.67. The molecule has 152 valence electrons. The first-order chi connectivity index (χ1) is 14.6. The van der Waals surface area contributed by atoms with Crippen LogP contribution in [0.25, 0.3) is 6.08 Å². The van der Waals surface area contributed by atoms with Gasteiger partial charge in [0.05, 0.1) is 24.8 Å². The summed E-state index contributed by atoms with van der Waals surface area (Å²) in [6, 6.07) is 14.9. The SMILES string of the molecule is COc1ccc(/C=C2\S/C(=N/c3nnc(C)s3)N(c3ccccc3)C2=O)cc1OC. The highest BCUT2D eigenvalue weighted by atomic mass is 32.2. The van der Waals surface area contributed by atoms with Crippen LogP contribution in [-0.2, 0) is 4.79 Å². The highest BCUT2D eigenvalue weighted by molar-refractivity contribution is 8.19. The van der Waals surface area contributed by atoms with Crippen LogP contribution in [0.4, 0.5) is 10.8 Å². The molecule has 0 spiro atoms. The van der Waals surface area contributed by atoms with Gasteiger partial charge in [0.2, 0.25) is 5.13 Å². The molecule has 1 aliphatic heterocycles. The van der Waals surface area contributed by atoms with Crippen LogP contribution in [0.5, 0.6) is 11.5 Å². The molecule has 3 aromatic rings. The van der Waals surface area contributed by atoms with Gasteiger partial charge in [0.15, 0.2) is 16.7 Å². The van der Waals surface area contributed by atoms with Gasteiger partial charge in [0, 0.05) is 0 Å². The van der Waals surface area contributed by atoms with Crippen molar-refractivity contribution in [3.63, 3.8) is 0 Å². The average molecular weight is 439 g/mol. The predicted molar refractivity (Wildman–Crippen MR) is 121 cm³/mol. The predicted octanol–water partition coefficient (Wildman–Crippen LogP) is 4.67. The van der Waals surface area contributed by atoms with Crippen LogP contribution in [0.15, 0.2) is 58.4 Å². The third-order valence-electron chi connectivity index (χ3n) is 4.23. The number of para-hydroxylation sites is 1. The number of aryl methyl sites for hydroxylation is 1. The molecule has 1 aromatic heterocycles. The number of anilines is 1. The summed E-state index contributed by atoms with van der Waals surface area (Å²) in [5, 5.41) is 9.93. The van der Waals surface area contributed by atoms with Gasteiger partial charge < -0.3 is 9.47 Å². The van der Waals surface area contributed by atoms with Gasteiger partial charge in [-0.25, -0.2) is 0 Å². The van der Waals surface area contributed by atoms with E-state index < -0.39 is 0 Å². The minimum absolute atomic E-state index is 0.152. The fraction of sp³-hybridized carbons (Fsp3) is 0.143. The first-order valence-corrected chi connectivity index (χ1v) is 10.6. The van der Waals surface area contributed by atoms with Gasteiger partial charge in [-0.3, -0.25) is 9.69 Å². The zero-order valence-corrected chi connectivity index (χ0v) is 18.2. The molecule has 0 radical (unpaired) electrons. The molecule has 0 N–H and O–H groups in total. The number of aromatic nitrogens is 2. The van der Waals surface area contributed by atoms with E-state index in [-0.39, 0.29) is 5.91 Å². The largest absolute Gasteiger partial charge is 0.493 e. The Hall–Kier alpha value is -3.17. The maximum atomic E-state index is 13.3. The lowest BCUT2D eigenvalue weighted by atomic mass is 10.2. The van der Waals surface area contributed by atoms with E-state index in [0.29, 0.717) is 26.7 Å². The molecule has 1 amide bonds. The fourth-order valence-electron chi connectivity index (χ4n) is 2.86. The lowest BCUT2D eigenvalue weighted by Gasteiger charge is -2.14. The van der Waals surface area contributed by atoms with Crippen molar-refractivity contribution in [1.29, 1.82) is 0 Å². The molecule has 0 atom stereocenters. The van der Waals surface area contributed by atoms with Crippen molar-refractivity contribution < 1.29 is 14.3 Å². The molecule has 7 nitrogen and oxygen atoms in total. The Morgan fingerprint density at radius 2 is 1.80 bits per heavy atom. The normalized spacial score (nSPS) is 16.5. The standard InChI is InChI=1S/C21H18N4O3S2/c1-13-23-24-20(29-13)22-21-25(15-7-5-4-6-8-15)19(26)18(30-21)12-14-9-10-16(27-2)17(11-14)28-3/h4-12H,1-3H3/b18-12-,22-21+. The van der Waals surface area contributed by atoms with Crippen molar-refractivity contribution in [3.8, 4) is 11.5 Å². The van der Waals surface area contributed by atoms with E-state index >= 15 is 0 Å². The van der Waals surface area contributed by atoms with Crippen LogP contribution in [0.1, 0.15) is 10.6 Å². The monoisotopic (exact) mass is 438 g/mol. The molecular weight excluding hydrogens is 420 g/mol. The Kier molecular flexibility index (Phi) is 5.82. The van der Waals surface area contributed by atoms with E-state index in [2.05, 4.69) is 15.2 Å². The van der Waals surface area contributed by atoms with Crippen LogP contribution < -0.4 is 14.4 Å². The van der Waals surface area contributed by atoms with Gasteiger partial charge in [-0.1, -0.05) is 35.6 Å². The molecule has 0 unspecified atom stereocenters. The molecule has 0 aliphatic carbocycles. The topological polar surface area (TPSA) is 76.9 Å². The molecular formula is C21H18N4O3S2. The second-order valence-electron chi connectivity index (χ2n) is 6.20. The number of carbonyl (C=O) groups excluding carboxylic acids is 1. The van der Waals surface area contributed by atoms with Gasteiger partial charge in [0.25, 0.3) is 5.91 Å². The lowest BCUT2D eigenvalue weighted by molar-refractivity contribution is -0.113. The number of amidine groups is 1. The summed E-state index contributed by atoms with van der Waals surface area (Å²) < 4.78 is 10.7. The minimum atomic E-state index is -0.152. The van der Waals surface area contributed by atoms with Gasteiger partial charge in [0.1, 0.15) is 5.01 Å². The number of carbonyl (C=O) groups is 1. The van der Waals surface area contributed by atoms with E-state index in [9.17, 15) is 4.79 Å². The van der Waals surface area contributed by atoms with Crippen molar-refractivity contribution >= 4 is 51.1 Å². The Labute approximate surface area is 182 Å². The highest BCUT2D eigenvalue weighted by Gasteiger charge is 2.35. The number of hydrogen-bond acceptors (Lipinski definition) is 8. The fourth-order valence-corrected chi connectivity index (χ4v) is 4.46.